The second-order valence-electron chi connectivity index (χ2n) is 5.42. The Balaban J connectivity index is 3.28. The Morgan fingerprint density at radius 2 is 1.31 bits per heavy atom. The summed E-state index contributed by atoms with van der Waals surface area (Å²) >= 11 is 0. The van der Waals surface area contributed by atoms with Gasteiger partial charge in [0.1, 0.15) is 5.78 Å². The molecule has 0 aliphatic carbocycles. The number of hydrogen-bond acceptors (Lipinski definition) is 8. The van der Waals surface area contributed by atoms with Gasteiger partial charge in [-0.2, -0.15) is 0 Å². The van der Waals surface area contributed by atoms with Crippen molar-refractivity contribution in [3.63, 3.8) is 0 Å². The van der Waals surface area contributed by atoms with Gasteiger partial charge >= 0.3 is 0 Å². The highest BCUT2D eigenvalue weighted by atomic mass is 16.6. The van der Waals surface area contributed by atoms with E-state index in [1.807, 2.05) is 0 Å². The van der Waals surface area contributed by atoms with Crippen molar-refractivity contribution >= 4 is 11.7 Å². The van der Waals surface area contributed by atoms with Crippen molar-refractivity contribution in [2.75, 3.05) is 72.5 Å². The van der Waals surface area contributed by atoms with Crippen LogP contribution in [0.3, 0.4) is 0 Å². The molecule has 0 spiro atoms. The van der Waals surface area contributed by atoms with E-state index in [4.69, 9.17) is 24.7 Å². The van der Waals surface area contributed by atoms with Crippen molar-refractivity contribution in [2.24, 2.45) is 5.73 Å². The zero-order chi connectivity index (χ0) is 19.5. The largest absolute Gasteiger partial charge is 0.380 e. The number of ketones is 1. The molecule has 26 heavy (non-hydrogen) atoms. The lowest BCUT2D eigenvalue weighted by atomic mass is 10.3. The molecule has 1 amide bonds. The van der Waals surface area contributed by atoms with E-state index >= 15 is 0 Å². The molecule has 9 nitrogen and oxygen atoms in total. The van der Waals surface area contributed by atoms with Crippen LogP contribution in [0.25, 0.3) is 0 Å². The number of nitrogens with two attached hydrogens (primary N) is 1. The van der Waals surface area contributed by atoms with Crippen LogP contribution >= 0.6 is 0 Å². The zero-order valence-corrected chi connectivity index (χ0v) is 15.7. The molecule has 9 heteroatoms. The minimum Gasteiger partial charge on any atom is -0.380 e. The molecule has 0 aliphatic heterocycles. The molecule has 0 saturated carbocycles. The summed E-state index contributed by atoms with van der Waals surface area (Å²) in [6.07, 6.45) is 0.256. The fraction of sp³-hybridized carbons (Fsp3) is 0.765. The van der Waals surface area contributed by atoms with Crippen LogP contribution in [0.15, 0.2) is 12.3 Å². The third kappa shape index (κ3) is 18.8. The number of hydrogen-bond donors (Lipinski definition) is 3. The molecule has 0 aromatic carbocycles. The molecular weight excluding hydrogens is 342 g/mol. The predicted molar refractivity (Wildman–Crippen MR) is 97.8 cm³/mol. The van der Waals surface area contributed by atoms with Crippen molar-refractivity contribution < 1.29 is 28.5 Å². The normalized spacial score (nSPS) is 10.5. The van der Waals surface area contributed by atoms with Gasteiger partial charge in [0.25, 0.3) is 0 Å². The highest BCUT2D eigenvalue weighted by molar-refractivity contribution is 5.78. The van der Waals surface area contributed by atoms with E-state index in [0.29, 0.717) is 65.1 Å². The predicted octanol–water partition coefficient (Wildman–Crippen LogP) is -0.790. The van der Waals surface area contributed by atoms with E-state index in [-0.39, 0.29) is 31.2 Å². The molecule has 0 saturated heterocycles. The van der Waals surface area contributed by atoms with Gasteiger partial charge in [0.05, 0.1) is 65.9 Å². The third-order valence-electron chi connectivity index (χ3n) is 2.94. The highest BCUT2D eigenvalue weighted by Crippen LogP contribution is 1.87. The van der Waals surface area contributed by atoms with E-state index in [9.17, 15) is 9.59 Å². The summed E-state index contributed by atoms with van der Waals surface area (Å²) in [7, 11) is 0. The Bertz CT molecular complexity index is 393. The molecule has 4 N–H and O–H groups in total. The van der Waals surface area contributed by atoms with Crippen LogP contribution in [0, 0.1) is 0 Å². The fourth-order valence-electron chi connectivity index (χ4n) is 1.62. The van der Waals surface area contributed by atoms with E-state index < -0.39 is 0 Å². The quantitative estimate of drug-likeness (QED) is 0.251. The molecule has 0 rings (SSSR count). The van der Waals surface area contributed by atoms with Crippen LogP contribution in [0.1, 0.15) is 13.3 Å². The van der Waals surface area contributed by atoms with Crippen molar-refractivity contribution in [3.8, 4) is 0 Å². The zero-order valence-electron chi connectivity index (χ0n) is 15.7. The smallest absolute Gasteiger partial charge is 0.222 e. The molecule has 0 bridgehead atoms. The lowest BCUT2D eigenvalue weighted by Crippen LogP contribution is -2.32. The van der Waals surface area contributed by atoms with Gasteiger partial charge < -0.3 is 35.3 Å². The van der Waals surface area contributed by atoms with Gasteiger partial charge in [-0.05, 0) is 6.92 Å². The average molecular weight is 375 g/mol. The van der Waals surface area contributed by atoms with Crippen LogP contribution < -0.4 is 16.4 Å². The first kappa shape index (κ1) is 24.5. The van der Waals surface area contributed by atoms with Gasteiger partial charge in [0, 0.05) is 18.7 Å². The molecule has 0 aromatic heterocycles. The summed E-state index contributed by atoms with van der Waals surface area (Å²) in [5, 5.41) is 5.52. The number of ether oxygens (including phenoxy) is 4. The third-order valence-corrected chi connectivity index (χ3v) is 2.94. The Morgan fingerprint density at radius 3 is 1.81 bits per heavy atom. The summed E-state index contributed by atoms with van der Waals surface area (Å²) in [6.45, 7) is 9.96. The summed E-state index contributed by atoms with van der Waals surface area (Å²) in [5.41, 5.74) is 5.88. The van der Waals surface area contributed by atoms with Crippen LogP contribution in [0.2, 0.25) is 0 Å². The lowest BCUT2D eigenvalue weighted by Gasteiger charge is -2.10. The van der Waals surface area contributed by atoms with Crippen molar-refractivity contribution in [3.05, 3.63) is 12.3 Å². The van der Waals surface area contributed by atoms with E-state index in [1.165, 1.54) is 6.92 Å². The van der Waals surface area contributed by atoms with Crippen molar-refractivity contribution in [1.29, 1.82) is 0 Å². The Kier molecular flexibility index (Phi) is 17.2. The molecule has 152 valence electrons. The first-order chi connectivity index (χ1) is 12.6. The Hall–Kier alpha value is -1.52. The van der Waals surface area contributed by atoms with Gasteiger partial charge in [-0.1, -0.05) is 6.58 Å². The van der Waals surface area contributed by atoms with Gasteiger partial charge in [0.15, 0.2) is 0 Å². The summed E-state index contributed by atoms with van der Waals surface area (Å²) in [6, 6.07) is 0. The Morgan fingerprint density at radius 1 is 0.808 bits per heavy atom. The molecular formula is C17H33N3O6. The first-order valence-corrected chi connectivity index (χ1v) is 8.75. The average Bonchev–Trinajstić information content (AvgIpc) is 2.62. The molecule has 0 fully saturated rings. The van der Waals surface area contributed by atoms with Gasteiger partial charge in [-0.15, -0.1) is 0 Å². The van der Waals surface area contributed by atoms with Crippen LogP contribution in [-0.4, -0.2) is 84.2 Å². The highest BCUT2D eigenvalue weighted by Gasteiger charge is 2.02. The molecule has 0 aromatic rings. The van der Waals surface area contributed by atoms with Gasteiger partial charge in [0.2, 0.25) is 5.91 Å². The molecule has 0 heterocycles. The van der Waals surface area contributed by atoms with Crippen molar-refractivity contribution in [1.82, 2.24) is 10.6 Å². The number of nitrogens with one attached hydrogen (secondary N) is 2. The van der Waals surface area contributed by atoms with Crippen LogP contribution in [0.5, 0.6) is 0 Å². The molecule has 0 atom stereocenters. The van der Waals surface area contributed by atoms with Gasteiger partial charge in [-0.3, -0.25) is 9.59 Å². The standard InChI is InChI=1S/C17H33N3O6/c1-15(19-14-16(2)21)13-20-17(22)3-5-23-7-9-25-11-12-26-10-8-24-6-4-18/h19H,1,3-14,18H2,2H3,(H,20,22). The summed E-state index contributed by atoms with van der Waals surface area (Å²) in [4.78, 5) is 22.4. The number of amides is 1. The maximum absolute atomic E-state index is 11.6. The first-order valence-electron chi connectivity index (χ1n) is 8.75. The minimum absolute atomic E-state index is 0.0104. The maximum atomic E-state index is 11.6. The number of carbonyl (C=O) groups excluding carboxylic acids is 2. The monoisotopic (exact) mass is 375 g/mol. The summed E-state index contributed by atoms with van der Waals surface area (Å²) < 4.78 is 21.1. The van der Waals surface area contributed by atoms with E-state index in [2.05, 4.69) is 17.2 Å². The molecule has 0 unspecified atom stereocenters. The maximum Gasteiger partial charge on any atom is 0.222 e. The van der Waals surface area contributed by atoms with Gasteiger partial charge in [-0.25, -0.2) is 0 Å². The number of rotatable bonds is 19. The number of Topliss-reactive ketones (excluding diaryl/α,β-unsaturated/α-hetero) is 1. The number of carbonyl (C=O) groups is 2. The topological polar surface area (TPSA) is 121 Å². The molecule has 0 aliphatic rings. The van der Waals surface area contributed by atoms with Crippen molar-refractivity contribution in [2.45, 2.75) is 13.3 Å². The Labute approximate surface area is 155 Å². The summed E-state index contributed by atoms with van der Waals surface area (Å²) in [5.74, 6) is -0.127. The second-order valence-corrected chi connectivity index (χ2v) is 5.42. The minimum atomic E-state index is -0.137. The molecule has 0 radical (unpaired) electrons. The lowest BCUT2D eigenvalue weighted by molar-refractivity contribution is -0.122. The SMILES string of the molecule is C=C(CNC(=O)CCOCCOCCOCCOCCN)NCC(C)=O. The van der Waals surface area contributed by atoms with Crippen LogP contribution in [-0.2, 0) is 28.5 Å². The second kappa shape index (κ2) is 18.3. The fourth-order valence-corrected chi connectivity index (χ4v) is 1.62. The van der Waals surface area contributed by atoms with Crippen LogP contribution in [0.4, 0.5) is 0 Å². The van der Waals surface area contributed by atoms with E-state index in [1.54, 1.807) is 0 Å². The van der Waals surface area contributed by atoms with E-state index in [0.717, 1.165) is 0 Å².